The van der Waals surface area contributed by atoms with Crippen molar-refractivity contribution >= 4 is 34.9 Å². The zero-order valence-corrected chi connectivity index (χ0v) is 18.7. The Labute approximate surface area is 184 Å². The maximum Gasteiger partial charge on any atom is 0.407 e. The van der Waals surface area contributed by atoms with E-state index in [-0.39, 0.29) is 44.3 Å². The maximum atomic E-state index is 12.9. The molecular formula is C19H28N4O7S. The first kappa shape index (κ1) is 24.8. The van der Waals surface area contributed by atoms with E-state index in [2.05, 4.69) is 20.8 Å². The second-order valence-corrected chi connectivity index (χ2v) is 8.46. The Bertz CT molecular complexity index is 783. The first-order chi connectivity index (χ1) is 14.8. The molecule has 2 amide bonds. The van der Waals surface area contributed by atoms with E-state index in [1.807, 2.05) is 0 Å². The first-order valence-electron chi connectivity index (χ1n) is 9.97. The highest BCUT2D eigenvalue weighted by Crippen LogP contribution is 2.21. The predicted octanol–water partition coefficient (Wildman–Crippen LogP) is 0.269. The molecule has 0 spiro atoms. The fraction of sp³-hybridized carbons (Fsp3) is 0.684. The van der Waals surface area contributed by atoms with Gasteiger partial charge in [0.15, 0.2) is 5.78 Å². The van der Waals surface area contributed by atoms with Crippen molar-refractivity contribution < 1.29 is 33.4 Å². The quantitative estimate of drug-likeness (QED) is 0.354. The van der Waals surface area contributed by atoms with Gasteiger partial charge >= 0.3 is 6.09 Å². The summed E-state index contributed by atoms with van der Waals surface area (Å²) in [5.41, 5.74) is 0. The minimum atomic E-state index is -0.875. The van der Waals surface area contributed by atoms with Crippen LogP contribution in [0.2, 0.25) is 0 Å². The lowest BCUT2D eigenvalue weighted by atomic mass is 9.88. The Morgan fingerprint density at radius 1 is 1.16 bits per heavy atom. The Morgan fingerprint density at radius 3 is 2.58 bits per heavy atom. The number of fused-ring (bicyclic) bond motifs is 2. The van der Waals surface area contributed by atoms with Gasteiger partial charge in [-0.2, -0.15) is 0 Å². The highest BCUT2D eigenvalue weighted by Gasteiger charge is 2.34. The molecule has 0 saturated heterocycles. The molecule has 2 atom stereocenters. The molecule has 2 unspecified atom stereocenters. The van der Waals surface area contributed by atoms with Gasteiger partial charge in [0.1, 0.15) is 16.6 Å². The minimum Gasteiger partial charge on any atom is -0.447 e. The van der Waals surface area contributed by atoms with Gasteiger partial charge in [-0.1, -0.05) is 25.2 Å². The standard InChI is InChI=1S/C19H28N4O7S/c1-11(2)16(21-19(27)30-7-6-29-5-4-28-3)13(24)8-12-9-14-22-23-15(31-14)10-20-18(26)17(12)25/h11-12,16H,4-10H2,1-3H3,(H,20,26)(H,21,27). The molecule has 2 heterocycles. The molecule has 1 aliphatic heterocycles. The molecule has 172 valence electrons. The van der Waals surface area contributed by atoms with Crippen LogP contribution in [0.4, 0.5) is 4.79 Å². The number of ether oxygens (including phenoxy) is 3. The van der Waals surface area contributed by atoms with Crippen molar-refractivity contribution in [3.05, 3.63) is 10.0 Å². The highest BCUT2D eigenvalue weighted by molar-refractivity contribution is 7.11. The third kappa shape index (κ3) is 7.96. The van der Waals surface area contributed by atoms with Gasteiger partial charge in [0.2, 0.25) is 5.78 Å². The van der Waals surface area contributed by atoms with Crippen LogP contribution in [0.15, 0.2) is 0 Å². The van der Waals surface area contributed by atoms with E-state index in [4.69, 9.17) is 14.2 Å². The molecule has 2 N–H and O–H groups in total. The molecule has 2 bridgehead atoms. The van der Waals surface area contributed by atoms with Crippen LogP contribution < -0.4 is 10.6 Å². The molecule has 12 heteroatoms. The van der Waals surface area contributed by atoms with Crippen molar-refractivity contribution in [3.63, 3.8) is 0 Å². The molecule has 1 aromatic heterocycles. The zero-order valence-electron chi connectivity index (χ0n) is 17.8. The Hall–Kier alpha value is -2.44. The molecule has 0 aromatic carbocycles. The molecule has 31 heavy (non-hydrogen) atoms. The summed E-state index contributed by atoms with van der Waals surface area (Å²) in [7, 11) is 1.56. The number of ketones is 2. The lowest BCUT2D eigenvalue weighted by Crippen LogP contribution is -2.46. The van der Waals surface area contributed by atoms with Crippen molar-refractivity contribution in [1.82, 2.24) is 20.8 Å². The zero-order chi connectivity index (χ0) is 22.8. The third-order valence-corrected chi connectivity index (χ3v) is 5.50. The van der Waals surface area contributed by atoms with E-state index < -0.39 is 29.7 Å². The van der Waals surface area contributed by atoms with Gasteiger partial charge in [-0.25, -0.2) is 4.79 Å². The van der Waals surface area contributed by atoms with Crippen LogP contribution in [0.3, 0.4) is 0 Å². The van der Waals surface area contributed by atoms with Gasteiger partial charge in [-0.05, 0) is 5.92 Å². The van der Waals surface area contributed by atoms with E-state index in [1.165, 1.54) is 11.3 Å². The summed E-state index contributed by atoms with van der Waals surface area (Å²) in [6.07, 6.45) is -0.816. The Balaban J connectivity index is 1.93. The Morgan fingerprint density at radius 2 is 1.87 bits per heavy atom. The second kappa shape index (κ2) is 12.4. The molecule has 1 aromatic rings. The third-order valence-electron chi connectivity index (χ3n) is 4.55. The van der Waals surface area contributed by atoms with E-state index in [0.29, 0.717) is 23.2 Å². The number of nitrogens with one attached hydrogen (secondary N) is 2. The van der Waals surface area contributed by atoms with Crippen LogP contribution in [-0.2, 0) is 41.6 Å². The average Bonchev–Trinajstić information content (AvgIpc) is 3.19. The predicted molar refractivity (Wildman–Crippen MR) is 109 cm³/mol. The number of carbonyl (C=O) groups excluding carboxylic acids is 4. The highest BCUT2D eigenvalue weighted by atomic mass is 32.1. The van der Waals surface area contributed by atoms with Crippen molar-refractivity contribution in [2.45, 2.75) is 39.3 Å². The summed E-state index contributed by atoms with van der Waals surface area (Å²) in [6, 6.07) is -0.865. The number of amides is 2. The van der Waals surface area contributed by atoms with Crippen LogP contribution >= 0.6 is 11.3 Å². The van der Waals surface area contributed by atoms with Gasteiger partial charge in [0.25, 0.3) is 5.91 Å². The minimum absolute atomic E-state index is 0.0230. The van der Waals surface area contributed by atoms with Crippen molar-refractivity contribution in [2.75, 3.05) is 33.5 Å². The van der Waals surface area contributed by atoms with Crippen molar-refractivity contribution in [2.24, 2.45) is 11.8 Å². The molecular weight excluding hydrogens is 428 g/mol. The number of nitrogens with zero attached hydrogens (tertiary/aromatic N) is 2. The summed E-state index contributed by atoms with van der Waals surface area (Å²) in [5, 5.41) is 14.2. The number of carbonyl (C=O) groups is 4. The lowest BCUT2D eigenvalue weighted by Gasteiger charge is -2.23. The molecule has 2 rings (SSSR count). The van der Waals surface area contributed by atoms with Crippen LogP contribution in [-0.4, -0.2) is 73.3 Å². The van der Waals surface area contributed by atoms with E-state index in [9.17, 15) is 19.2 Å². The normalized spacial score (nSPS) is 17.4. The molecule has 0 radical (unpaired) electrons. The lowest BCUT2D eigenvalue weighted by molar-refractivity contribution is -0.141. The number of aromatic nitrogens is 2. The number of Topliss-reactive ketones (excluding diaryl/α,β-unsaturated/α-hetero) is 2. The van der Waals surface area contributed by atoms with Crippen LogP contribution in [0.25, 0.3) is 0 Å². The molecule has 1 aliphatic rings. The van der Waals surface area contributed by atoms with Crippen molar-refractivity contribution in [1.29, 1.82) is 0 Å². The first-order valence-corrected chi connectivity index (χ1v) is 10.8. The number of hydrogen-bond acceptors (Lipinski definition) is 10. The van der Waals surface area contributed by atoms with Gasteiger partial charge in [-0.15, -0.1) is 10.2 Å². The van der Waals surface area contributed by atoms with Gasteiger partial charge in [0.05, 0.1) is 32.4 Å². The fourth-order valence-electron chi connectivity index (χ4n) is 2.93. The van der Waals surface area contributed by atoms with E-state index in [1.54, 1.807) is 21.0 Å². The molecule has 11 nitrogen and oxygen atoms in total. The van der Waals surface area contributed by atoms with Crippen LogP contribution in [0, 0.1) is 11.8 Å². The summed E-state index contributed by atoms with van der Waals surface area (Å²) < 4.78 is 15.1. The smallest absolute Gasteiger partial charge is 0.407 e. The van der Waals surface area contributed by atoms with Crippen LogP contribution in [0.1, 0.15) is 30.3 Å². The van der Waals surface area contributed by atoms with Crippen molar-refractivity contribution in [3.8, 4) is 0 Å². The summed E-state index contributed by atoms with van der Waals surface area (Å²) in [5.74, 6) is -2.91. The summed E-state index contributed by atoms with van der Waals surface area (Å²) in [4.78, 5) is 49.6. The van der Waals surface area contributed by atoms with E-state index >= 15 is 0 Å². The molecule has 0 fully saturated rings. The van der Waals surface area contributed by atoms with Gasteiger partial charge in [-0.3, -0.25) is 14.4 Å². The topological polar surface area (TPSA) is 146 Å². The maximum absolute atomic E-state index is 12.9. The number of rotatable bonds is 11. The number of alkyl carbamates (subject to hydrolysis) is 1. The number of hydrogen-bond donors (Lipinski definition) is 2. The molecule has 0 saturated carbocycles. The monoisotopic (exact) mass is 456 g/mol. The summed E-state index contributed by atoms with van der Waals surface area (Å²) in [6.45, 7) is 4.71. The van der Waals surface area contributed by atoms with Gasteiger partial charge < -0.3 is 24.8 Å². The average molecular weight is 457 g/mol. The van der Waals surface area contributed by atoms with Crippen LogP contribution in [0.5, 0.6) is 0 Å². The second-order valence-electron chi connectivity index (χ2n) is 7.32. The Kier molecular flexibility index (Phi) is 9.95. The fourth-order valence-corrected chi connectivity index (χ4v) is 3.80. The van der Waals surface area contributed by atoms with Gasteiger partial charge in [0, 0.05) is 25.9 Å². The van der Waals surface area contributed by atoms with E-state index in [0.717, 1.165) is 0 Å². The molecule has 0 aliphatic carbocycles. The SMILES string of the molecule is COCCOCCOC(=O)NC(C(=O)CC1Cc2nnc(s2)CNC(=O)C1=O)C(C)C. The summed E-state index contributed by atoms with van der Waals surface area (Å²) >= 11 is 1.29. The largest absolute Gasteiger partial charge is 0.447 e. The number of methoxy groups -OCH3 is 1.